The number of sulfonamides is 1. The summed E-state index contributed by atoms with van der Waals surface area (Å²) in [4.78, 5) is 10.5. The van der Waals surface area contributed by atoms with Crippen molar-refractivity contribution in [3.63, 3.8) is 0 Å². The number of likely N-dealkylation sites (N-methyl/N-ethyl adjacent to an activating group) is 1. The van der Waals surface area contributed by atoms with Crippen LogP contribution in [0.5, 0.6) is 0 Å². The molecule has 1 atom stereocenters. The molecule has 1 unspecified atom stereocenters. The van der Waals surface area contributed by atoms with Crippen molar-refractivity contribution in [3.05, 3.63) is 0 Å². The van der Waals surface area contributed by atoms with Crippen LogP contribution in [0.1, 0.15) is 45.4 Å². The lowest BCUT2D eigenvalue weighted by atomic mass is 10.1. The molecule has 0 saturated heterocycles. The van der Waals surface area contributed by atoms with Crippen LogP contribution >= 0.6 is 0 Å². The van der Waals surface area contributed by atoms with Crippen LogP contribution in [0.15, 0.2) is 0 Å². The van der Waals surface area contributed by atoms with Crippen LogP contribution in [-0.2, 0) is 14.8 Å². The van der Waals surface area contributed by atoms with Gasteiger partial charge in [-0.05, 0) is 39.3 Å². The van der Waals surface area contributed by atoms with Crippen LogP contribution in [0.4, 0.5) is 0 Å². The van der Waals surface area contributed by atoms with Crippen molar-refractivity contribution in [3.8, 4) is 0 Å². The molecule has 126 valence electrons. The quantitative estimate of drug-likeness (QED) is 0.662. The van der Waals surface area contributed by atoms with E-state index >= 15 is 0 Å². The van der Waals surface area contributed by atoms with Crippen molar-refractivity contribution in [1.29, 1.82) is 0 Å². The molecule has 0 aromatic carbocycles. The predicted octanol–water partition coefficient (Wildman–Crippen LogP) is 1.53. The summed E-state index contributed by atoms with van der Waals surface area (Å²) in [5, 5.41) is 6.89. The van der Waals surface area contributed by atoms with E-state index in [9.17, 15) is 8.42 Å². The summed E-state index contributed by atoms with van der Waals surface area (Å²) >= 11 is 0. The van der Waals surface area contributed by atoms with Crippen LogP contribution in [0.2, 0.25) is 0 Å². The molecule has 0 heterocycles. The Morgan fingerprint density at radius 1 is 1.33 bits per heavy atom. The third-order valence-electron chi connectivity index (χ3n) is 3.82. The Hall–Kier alpha value is -0.660. The maximum atomic E-state index is 12.0. The number of rotatable bonds is 8. The minimum Gasteiger partial charge on any atom is -0.483 e. The molecule has 1 aliphatic rings. The number of hydrogen-bond donors (Lipinski definition) is 2. The normalized spacial score (nSPS) is 17.3. The Labute approximate surface area is 129 Å². The highest BCUT2D eigenvalue weighted by Crippen LogP contribution is 2.25. The maximum absolute atomic E-state index is 12.0. The Kier molecular flexibility index (Phi) is 10.6. The number of hydrogen-bond acceptors (Lipinski definition) is 4. The molecule has 1 fully saturated rings. The summed E-state index contributed by atoms with van der Waals surface area (Å²) in [7, 11) is 0.923. The molecule has 2 N–H and O–H groups in total. The highest BCUT2D eigenvalue weighted by molar-refractivity contribution is 7.89. The number of carbonyl (C=O) groups is 1. The maximum Gasteiger partial charge on any atom is 0.290 e. The monoisotopic (exact) mass is 322 g/mol. The van der Waals surface area contributed by atoms with E-state index in [1.165, 1.54) is 12.8 Å². The van der Waals surface area contributed by atoms with Crippen LogP contribution in [0, 0.1) is 5.92 Å². The highest BCUT2D eigenvalue weighted by Gasteiger charge is 2.23. The van der Waals surface area contributed by atoms with E-state index in [1.54, 1.807) is 0 Å². The zero-order valence-electron chi connectivity index (χ0n) is 13.4. The molecule has 1 rings (SSSR count). The molecule has 6 nitrogen and oxygen atoms in total. The van der Waals surface area contributed by atoms with Crippen molar-refractivity contribution in [1.82, 2.24) is 9.62 Å². The van der Waals surface area contributed by atoms with Gasteiger partial charge in [-0.2, -0.15) is 0 Å². The molecule has 0 bridgehead atoms. The first kappa shape index (κ1) is 20.3. The summed E-state index contributed by atoms with van der Waals surface area (Å²) in [6.45, 7) is 2.42. The van der Waals surface area contributed by atoms with Crippen molar-refractivity contribution in [2.75, 3.05) is 26.4 Å². The fraction of sp³-hybridized carbons (Fsp3) is 0.929. The molecule has 0 aromatic heterocycles. The lowest BCUT2D eigenvalue weighted by Crippen LogP contribution is -2.41. The van der Waals surface area contributed by atoms with Gasteiger partial charge in [0, 0.05) is 12.6 Å². The van der Waals surface area contributed by atoms with E-state index in [0.717, 1.165) is 25.7 Å². The second-order valence-electron chi connectivity index (χ2n) is 5.79. The van der Waals surface area contributed by atoms with Gasteiger partial charge in [0.1, 0.15) is 0 Å². The van der Waals surface area contributed by atoms with Gasteiger partial charge in [-0.3, -0.25) is 4.79 Å². The van der Waals surface area contributed by atoms with Crippen LogP contribution < -0.4 is 4.72 Å². The Balaban J connectivity index is 0.00000122. The SMILES string of the molecule is CCCC(CNS(=O)(=O)CC1CCCC1)N(C)C.O=CO. The topological polar surface area (TPSA) is 86.7 Å². The molecular formula is C14H30N2O4S. The fourth-order valence-electron chi connectivity index (χ4n) is 2.65. The summed E-state index contributed by atoms with van der Waals surface area (Å²) in [5.41, 5.74) is 0. The van der Waals surface area contributed by atoms with Gasteiger partial charge in [0.25, 0.3) is 6.47 Å². The molecule has 0 amide bonds. The molecule has 7 heteroatoms. The average Bonchev–Trinajstić information content (AvgIpc) is 2.87. The van der Waals surface area contributed by atoms with Crippen LogP contribution in [-0.4, -0.2) is 57.3 Å². The zero-order chi connectivity index (χ0) is 16.3. The third-order valence-corrected chi connectivity index (χ3v) is 5.34. The first-order valence-electron chi connectivity index (χ1n) is 7.57. The van der Waals surface area contributed by atoms with E-state index in [2.05, 4.69) is 16.5 Å². The molecule has 1 saturated carbocycles. The van der Waals surface area contributed by atoms with E-state index < -0.39 is 10.0 Å². The summed E-state index contributed by atoms with van der Waals surface area (Å²) in [6, 6.07) is 0.299. The summed E-state index contributed by atoms with van der Waals surface area (Å²) in [6.07, 6.45) is 6.64. The second kappa shape index (κ2) is 11.0. The van der Waals surface area contributed by atoms with Crippen LogP contribution in [0.3, 0.4) is 0 Å². The molecule has 0 spiro atoms. The van der Waals surface area contributed by atoms with E-state index in [1.807, 2.05) is 14.1 Å². The lowest BCUT2D eigenvalue weighted by Gasteiger charge is -2.24. The molecule has 0 aliphatic heterocycles. The van der Waals surface area contributed by atoms with E-state index in [-0.39, 0.29) is 6.47 Å². The van der Waals surface area contributed by atoms with Crippen molar-refractivity contribution in [2.45, 2.75) is 51.5 Å². The van der Waals surface area contributed by atoms with Crippen molar-refractivity contribution >= 4 is 16.5 Å². The minimum atomic E-state index is -3.09. The minimum absolute atomic E-state index is 0.250. The average molecular weight is 322 g/mol. The Morgan fingerprint density at radius 3 is 2.29 bits per heavy atom. The Bertz CT molecular complexity index is 365. The summed E-state index contributed by atoms with van der Waals surface area (Å²) < 4.78 is 26.8. The van der Waals surface area contributed by atoms with Gasteiger partial charge in [-0.15, -0.1) is 0 Å². The second-order valence-corrected chi connectivity index (χ2v) is 7.64. The number of nitrogens with zero attached hydrogens (tertiary/aromatic N) is 1. The van der Waals surface area contributed by atoms with E-state index in [4.69, 9.17) is 9.90 Å². The van der Waals surface area contributed by atoms with Gasteiger partial charge in [-0.1, -0.05) is 26.2 Å². The van der Waals surface area contributed by atoms with Crippen molar-refractivity contribution < 1.29 is 18.3 Å². The fourth-order valence-corrected chi connectivity index (χ4v) is 4.16. The smallest absolute Gasteiger partial charge is 0.290 e. The molecular weight excluding hydrogens is 292 g/mol. The first-order chi connectivity index (χ1) is 9.86. The Morgan fingerprint density at radius 2 is 1.86 bits per heavy atom. The molecule has 1 aliphatic carbocycles. The van der Waals surface area contributed by atoms with Gasteiger partial charge in [0.05, 0.1) is 5.75 Å². The van der Waals surface area contributed by atoms with Crippen LogP contribution in [0.25, 0.3) is 0 Å². The first-order valence-corrected chi connectivity index (χ1v) is 9.23. The van der Waals surface area contributed by atoms with Gasteiger partial charge in [0.2, 0.25) is 10.0 Å². The third kappa shape index (κ3) is 9.82. The number of nitrogens with one attached hydrogen (secondary N) is 1. The van der Waals surface area contributed by atoms with Gasteiger partial charge in [-0.25, -0.2) is 13.1 Å². The largest absolute Gasteiger partial charge is 0.483 e. The van der Waals surface area contributed by atoms with E-state index in [0.29, 0.717) is 24.3 Å². The lowest BCUT2D eigenvalue weighted by molar-refractivity contribution is -0.122. The van der Waals surface area contributed by atoms with Crippen molar-refractivity contribution in [2.24, 2.45) is 5.92 Å². The standard InChI is InChI=1S/C13H28N2O2S.CH2O2/c1-4-7-13(15(2)3)10-14-18(16,17)11-12-8-5-6-9-12;2-1-3/h12-14H,4-11H2,1-3H3;1H,(H,2,3). The van der Waals surface area contributed by atoms with Gasteiger partial charge < -0.3 is 10.0 Å². The molecule has 21 heavy (non-hydrogen) atoms. The van der Waals surface area contributed by atoms with Gasteiger partial charge >= 0.3 is 0 Å². The predicted molar refractivity (Wildman–Crippen MR) is 84.8 cm³/mol. The van der Waals surface area contributed by atoms with Gasteiger partial charge in [0.15, 0.2) is 0 Å². The molecule has 0 aromatic rings. The highest BCUT2D eigenvalue weighted by atomic mass is 32.2. The number of carboxylic acid groups (broad SMARTS) is 1. The zero-order valence-corrected chi connectivity index (χ0v) is 14.2. The molecule has 0 radical (unpaired) electrons. The summed E-state index contributed by atoms with van der Waals surface area (Å²) in [5.74, 6) is 0.700.